The summed E-state index contributed by atoms with van der Waals surface area (Å²) in [6.45, 7) is 4.75. The molecular formula is C14H20N2O3S. The van der Waals surface area contributed by atoms with Crippen molar-refractivity contribution in [1.82, 2.24) is 4.90 Å². The van der Waals surface area contributed by atoms with Crippen LogP contribution in [0.15, 0.2) is 18.2 Å². The Kier molecular flexibility index (Phi) is 4.04. The zero-order chi connectivity index (χ0) is 14.9. The van der Waals surface area contributed by atoms with Crippen molar-refractivity contribution in [3.05, 3.63) is 29.3 Å². The standard InChI is InChI=1S/C14H20N2O3S/c1-10-4-5-12(8-11(10)2)15-14(17)16-7-6-13(9-16)20(3,18)19/h4-5,8,13H,6-7,9H2,1-3H3,(H,15,17)/t13-/m0/s1. The van der Waals surface area contributed by atoms with Crippen LogP contribution in [0, 0.1) is 13.8 Å². The summed E-state index contributed by atoms with van der Waals surface area (Å²) >= 11 is 0. The van der Waals surface area contributed by atoms with E-state index in [0.717, 1.165) is 11.3 Å². The molecule has 1 N–H and O–H groups in total. The molecule has 0 saturated carbocycles. The number of likely N-dealkylation sites (tertiary alicyclic amines) is 1. The van der Waals surface area contributed by atoms with E-state index in [9.17, 15) is 13.2 Å². The maximum atomic E-state index is 12.1. The highest BCUT2D eigenvalue weighted by Crippen LogP contribution is 2.19. The minimum atomic E-state index is -3.08. The number of carbonyl (C=O) groups is 1. The lowest BCUT2D eigenvalue weighted by molar-refractivity contribution is 0.222. The molecule has 0 aromatic heterocycles. The normalized spacial score (nSPS) is 19.1. The summed E-state index contributed by atoms with van der Waals surface area (Å²) in [7, 11) is -3.08. The van der Waals surface area contributed by atoms with Gasteiger partial charge in [-0.1, -0.05) is 6.07 Å². The first-order valence-corrected chi connectivity index (χ1v) is 8.55. The Hall–Kier alpha value is -1.56. The molecule has 1 aromatic rings. The van der Waals surface area contributed by atoms with Crippen LogP contribution in [0.1, 0.15) is 17.5 Å². The Morgan fingerprint density at radius 3 is 2.55 bits per heavy atom. The highest BCUT2D eigenvalue weighted by molar-refractivity contribution is 7.91. The number of carbonyl (C=O) groups excluding carboxylic acids is 1. The minimum Gasteiger partial charge on any atom is -0.323 e. The zero-order valence-corrected chi connectivity index (χ0v) is 12.8. The number of benzene rings is 1. The highest BCUT2D eigenvalue weighted by atomic mass is 32.2. The number of nitrogens with one attached hydrogen (secondary N) is 1. The third-order valence-corrected chi connectivity index (χ3v) is 5.39. The topological polar surface area (TPSA) is 66.5 Å². The van der Waals surface area contributed by atoms with Gasteiger partial charge in [0.25, 0.3) is 0 Å². The minimum absolute atomic E-state index is 0.237. The van der Waals surface area contributed by atoms with Gasteiger partial charge in [0.1, 0.15) is 0 Å². The predicted octanol–water partition coefficient (Wildman–Crippen LogP) is 1.95. The van der Waals surface area contributed by atoms with E-state index in [2.05, 4.69) is 5.32 Å². The van der Waals surface area contributed by atoms with Crippen LogP contribution in [0.4, 0.5) is 10.5 Å². The molecule has 1 aliphatic heterocycles. The number of hydrogen-bond donors (Lipinski definition) is 1. The monoisotopic (exact) mass is 296 g/mol. The summed E-state index contributed by atoms with van der Waals surface area (Å²) in [4.78, 5) is 13.7. The fourth-order valence-electron chi connectivity index (χ4n) is 2.28. The summed E-state index contributed by atoms with van der Waals surface area (Å²) in [5, 5.41) is 2.38. The fraction of sp³-hybridized carbons (Fsp3) is 0.500. The summed E-state index contributed by atoms with van der Waals surface area (Å²) in [6.07, 6.45) is 1.74. The van der Waals surface area contributed by atoms with Gasteiger partial charge >= 0.3 is 6.03 Å². The summed E-state index contributed by atoms with van der Waals surface area (Å²) in [5.74, 6) is 0. The molecule has 5 nitrogen and oxygen atoms in total. The van der Waals surface area contributed by atoms with Crippen LogP contribution < -0.4 is 5.32 Å². The van der Waals surface area contributed by atoms with E-state index >= 15 is 0 Å². The van der Waals surface area contributed by atoms with Crippen LogP contribution >= 0.6 is 0 Å². The predicted molar refractivity (Wildman–Crippen MR) is 79.8 cm³/mol. The van der Waals surface area contributed by atoms with Gasteiger partial charge in [0.2, 0.25) is 0 Å². The molecule has 1 fully saturated rings. The first-order chi connectivity index (χ1) is 9.27. The van der Waals surface area contributed by atoms with Gasteiger partial charge in [-0.05, 0) is 43.5 Å². The van der Waals surface area contributed by atoms with Gasteiger partial charge in [0.05, 0.1) is 5.25 Å². The third kappa shape index (κ3) is 3.30. The number of hydrogen-bond acceptors (Lipinski definition) is 3. The smallest absolute Gasteiger partial charge is 0.321 e. The Balaban J connectivity index is 2.01. The second-order valence-corrected chi connectivity index (χ2v) is 7.74. The molecule has 0 bridgehead atoms. The van der Waals surface area contributed by atoms with Gasteiger partial charge in [-0.15, -0.1) is 0 Å². The quantitative estimate of drug-likeness (QED) is 0.907. The number of anilines is 1. The molecule has 1 saturated heterocycles. The zero-order valence-electron chi connectivity index (χ0n) is 12.0. The molecule has 0 unspecified atom stereocenters. The Morgan fingerprint density at radius 2 is 2.00 bits per heavy atom. The molecule has 0 radical (unpaired) electrons. The van der Waals surface area contributed by atoms with Crippen LogP contribution in [0.2, 0.25) is 0 Å². The molecule has 20 heavy (non-hydrogen) atoms. The molecule has 2 rings (SSSR count). The van der Waals surface area contributed by atoms with E-state index < -0.39 is 15.1 Å². The summed E-state index contributed by atoms with van der Waals surface area (Å²) < 4.78 is 23.0. The molecule has 6 heteroatoms. The van der Waals surface area contributed by atoms with Gasteiger partial charge in [-0.3, -0.25) is 0 Å². The van der Waals surface area contributed by atoms with E-state index in [1.807, 2.05) is 32.0 Å². The van der Waals surface area contributed by atoms with Gasteiger partial charge in [-0.25, -0.2) is 13.2 Å². The third-order valence-electron chi connectivity index (χ3n) is 3.80. The molecule has 1 atom stereocenters. The van der Waals surface area contributed by atoms with Crippen LogP contribution in [-0.2, 0) is 9.84 Å². The van der Waals surface area contributed by atoms with E-state index in [-0.39, 0.29) is 12.6 Å². The van der Waals surface area contributed by atoms with Crippen LogP contribution in [0.3, 0.4) is 0 Å². The van der Waals surface area contributed by atoms with Gasteiger partial charge in [0.15, 0.2) is 9.84 Å². The number of aryl methyl sites for hydroxylation is 2. The van der Waals surface area contributed by atoms with Crippen molar-refractivity contribution in [3.8, 4) is 0 Å². The summed E-state index contributed by atoms with van der Waals surface area (Å²) in [5.41, 5.74) is 3.01. The molecule has 0 spiro atoms. The van der Waals surface area contributed by atoms with Crippen LogP contribution in [-0.4, -0.2) is 43.9 Å². The molecule has 1 aliphatic rings. The van der Waals surface area contributed by atoms with Crippen molar-refractivity contribution >= 4 is 21.6 Å². The van der Waals surface area contributed by atoms with E-state index in [1.165, 1.54) is 11.8 Å². The first-order valence-electron chi connectivity index (χ1n) is 6.59. The van der Waals surface area contributed by atoms with E-state index in [1.54, 1.807) is 4.90 Å². The average Bonchev–Trinajstić information content (AvgIpc) is 2.83. The highest BCUT2D eigenvalue weighted by Gasteiger charge is 2.32. The maximum absolute atomic E-state index is 12.1. The van der Waals surface area contributed by atoms with Crippen molar-refractivity contribution in [2.75, 3.05) is 24.7 Å². The lowest BCUT2D eigenvalue weighted by atomic mass is 10.1. The number of rotatable bonds is 2. The average molecular weight is 296 g/mol. The van der Waals surface area contributed by atoms with Gasteiger partial charge in [-0.2, -0.15) is 0 Å². The fourth-order valence-corrected chi connectivity index (χ4v) is 3.27. The van der Waals surface area contributed by atoms with Gasteiger partial charge in [0, 0.05) is 25.0 Å². The van der Waals surface area contributed by atoms with Crippen molar-refractivity contribution < 1.29 is 13.2 Å². The number of urea groups is 1. The van der Waals surface area contributed by atoms with Gasteiger partial charge < -0.3 is 10.2 Å². The molecule has 1 aromatic carbocycles. The summed E-state index contributed by atoms with van der Waals surface area (Å²) in [6, 6.07) is 5.48. The second-order valence-electron chi connectivity index (χ2n) is 5.42. The molecule has 1 heterocycles. The molecule has 110 valence electrons. The maximum Gasteiger partial charge on any atom is 0.321 e. The molecular weight excluding hydrogens is 276 g/mol. The molecule has 0 aliphatic carbocycles. The van der Waals surface area contributed by atoms with Crippen molar-refractivity contribution in [2.45, 2.75) is 25.5 Å². The SMILES string of the molecule is Cc1ccc(NC(=O)N2CC[C@H](S(C)(=O)=O)C2)cc1C. The Labute approximate surface area is 119 Å². The molecule has 2 amide bonds. The van der Waals surface area contributed by atoms with Crippen molar-refractivity contribution in [2.24, 2.45) is 0 Å². The first kappa shape index (κ1) is 14.8. The van der Waals surface area contributed by atoms with E-state index in [0.29, 0.717) is 13.0 Å². The Morgan fingerprint density at radius 1 is 1.30 bits per heavy atom. The van der Waals surface area contributed by atoms with E-state index in [4.69, 9.17) is 0 Å². The Bertz CT molecular complexity index is 625. The van der Waals surface area contributed by atoms with Crippen molar-refractivity contribution in [3.63, 3.8) is 0 Å². The van der Waals surface area contributed by atoms with Crippen LogP contribution in [0.25, 0.3) is 0 Å². The van der Waals surface area contributed by atoms with Crippen molar-refractivity contribution in [1.29, 1.82) is 0 Å². The second kappa shape index (κ2) is 5.44. The lowest BCUT2D eigenvalue weighted by Crippen LogP contribution is -2.34. The number of sulfone groups is 1. The largest absolute Gasteiger partial charge is 0.323 e. The number of nitrogens with zero attached hydrogens (tertiary/aromatic N) is 1. The van der Waals surface area contributed by atoms with Crippen LogP contribution in [0.5, 0.6) is 0 Å². The number of amides is 2. The lowest BCUT2D eigenvalue weighted by Gasteiger charge is -2.17.